The number of allylic oxidation sites excluding steroid dienone is 1. The second kappa shape index (κ2) is 6.71. The van der Waals surface area contributed by atoms with Gasteiger partial charge in [-0.3, -0.25) is 4.99 Å². The molecule has 0 aromatic rings. The van der Waals surface area contributed by atoms with Gasteiger partial charge in [0, 0.05) is 11.5 Å². The van der Waals surface area contributed by atoms with Crippen LogP contribution in [0.25, 0.3) is 0 Å². The van der Waals surface area contributed by atoms with Gasteiger partial charge < -0.3 is 4.74 Å². The molecule has 0 saturated carbocycles. The maximum absolute atomic E-state index is 11.0. The van der Waals surface area contributed by atoms with Crippen molar-refractivity contribution in [1.82, 2.24) is 0 Å². The van der Waals surface area contributed by atoms with Crippen LogP contribution in [0.4, 0.5) is 0 Å². The Kier molecular flexibility index (Phi) is 6.32. The van der Waals surface area contributed by atoms with Gasteiger partial charge in [0.15, 0.2) is 0 Å². The van der Waals surface area contributed by atoms with Crippen LogP contribution in [0.5, 0.6) is 0 Å². The zero-order valence-corrected chi connectivity index (χ0v) is 9.22. The average Bonchev–Trinajstić information content (AvgIpc) is 2.17. The minimum atomic E-state index is -0.396. The summed E-state index contributed by atoms with van der Waals surface area (Å²) >= 11 is 1.67. The lowest BCUT2D eigenvalue weighted by Gasteiger charge is -2.00. The molecule has 0 radical (unpaired) electrons. The molecule has 0 saturated heterocycles. The first-order valence-electron chi connectivity index (χ1n) is 3.97. The highest BCUT2D eigenvalue weighted by molar-refractivity contribution is 7.99. The minimum Gasteiger partial charge on any atom is -0.464 e. The number of ether oxygens (including phenoxy) is 1. The van der Waals surface area contributed by atoms with E-state index in [1.54, 1.807) is 31.0 Å². The lowest BCUT2D eigenvalue weighted by molar-refractivity contribution is -0.136. The van der Waals surface area contributed by atoms with E-state index in [4.69, 9.17) is 0 Å². The fourth-order valence-corrected chi connectivity index (χ4v) is 0.778. The first-order valence-corrected chi connectivity index (χ1v) is 5.26. The number of esters is 1. The number of carbonyl (C=O) groups is 1. The Morgan fingerprint density at radius 3 is 2.62 bits per heavy atom. The molecule has 1 atom stereocenters. The minimum absolute atomic E-state index is 0.305. The number of rotatable bonds is 4. The maximum Gasteiger partial charge on any atom is 0.356 e. The predicted octanol–water partition coefficient (Wildman–Crippen LogP) is 1.89. The van der Waals surface area contributed by atoms with Crippen molar-refractivity contribution in [2.75, 3.05) is 13.4 Å². The summed E-state index contributed by atoms with van der Waals surface area (Å²) in [4.78, 5) is 15.1. The zero-order valence-electron chi connectivity index (χ0n) is 8.40. The summed E-state index contributed by atoms with van der Waals surface area (Å²) in [7, 11) is 1.35. The summed E-state index contributed by atoms with van der Waals surface area (Å²) in [5.74, 6) is -0.396. The standard InChI is InChI=1S/C9H15NO2S/c1-5-8(9(11)12-3)10-6-7(2)13-4/h5-7H,1-4H3/b8-5-,10-6?. The van der Waals surface area contributed by atoms with Crippen molar-refractivity contribution in [3.63, 3.8) is 0 Å². The quantitative estimate of drug-likeness (QED) is 0.396. The number of methoxy groups -OCH3 is 1. The molecule has 0 rings (SSSR count). The van der Waals surface area contributed by atoms with Gasteiger partial charge in [-0.25, -0.2) is 4.79 Å². The highest BCUT2D eigenvalue weighted by Gasteiger charge is 2.05. The fourth-order valence-electron chi connectivity index (χ4n) is 0.596. The Morgan fingerprint density at radius 2 is 2.23 bits per heavy atom. The van der Waals surface area contributed by atoms with Crippen molar-refractivity contribution >= 4 is 23.9 Å². The van der Waals surface area contributed by atoms with Crippen LogP contribution in [0, 0.1) is 0 Å². The van der Waals surface area contributed by atoms with Crippen LogP contribution < -0.4 is 0 Å². The first-order chi connectivity index (χ1) is 6.15. The van der Waals surface area contributed by atoms with Gasteiger partial charge in [0.25, 0.3) is 0 Å². The van der Waals surface area contributed by atoms with Crippen LogP contribution >= 0.6 is 11.8 Å². The van der Waals surface area contributed by atoms with E-state index in [1.165, 1.54) is 7.11 Å². The summed E-state index contributed by atoms with van der Waals surface area (Å²) in [6.45, 7) is 3.77. The molecule has 0 heterocycles. The number of carbonyl (C=O) groups excluding carboxylic acids is 1. The molecule has 0 aliphatic carbocycles. The van der Waals surface area contributed by atoms with Gasteiger partial charge in [-0.2, -0.15) is 11.8 Å². The van der Waals surface area contributed by atoms with Crippen LogP contribution in [0.3, 0.4) is 0 Å². The second-order valence-corrected chi connectivity index (χ2v) is 3.60. The van der Waals surface area contributed by atoms with E-state index in [0.29, 0.717) is 10.9 Å². The maximum atomic E-state index is 11.0. The largest absolute Gasteiger partial charge is 0.464 e. The SMILES string of the molecule is C/C=C(\N=CC(C)SC)C(=O)OC. The van der Waals surface area contributed by atoms with Gasteiger partial charge in [0.05, 0.1) is 7.11 Å². The number of hydrogen-bond donors (Lipinski definition) is 0. The number of aliphatic imine (C=N–C) groups is 1. The third-order valence-corrected chi connectivity index (χ3v) is 2.33. The molecule has 0 fully saturated rings. The highest BCUT2D eigenvalue weighted by atomic mass is 32.2. The molecule has 0 amide bonds. The highest BCUT2D eigenvalue weighted by Crippen LogP contribution is 2.04. The molecular weight excluding hydrogens is 186 g/mol. The van der Waals surface area contributed by atoms with E-state index in [1.807, 2.05) is 13.2 Å². The first kappa shape index (κ1) is 12.2. The molecule has 0 aliphatic rings. The monoisotopic (exact) mass is 201 g/mol. The Bertz CT molecular complexity index is 224. The van der Waals surface area contributed by atoms with Gasteiger partial charge in [0.1, 0.15) is 5.70 Å². The Labute approximate surface area is 83.3 Å². The van der Waals surface area contributed by atoms with Crippen molar-refractivity contribution in [3.05, 3.63) is 11.8 Å². The van der Waals surface area contributed by atoms with E-state index in [9.17, 15) is 4.79 Å². The lowest BCUT2D eigenvalue weighted by atomic mass is 10.4. The third kappa shape index (κ3) is 4.72. The predicted molar refractivity (Wildman–Crippen MR) is 57.2 cm³/mol. The van der Waals surface area contributed by atoms with Crippen molar-refractivity contribution < 1.29 is 9.53 Å². The van der Waals surface area contributed by atoms with E-state index in [2.05, 4.69) is 9.73 Å². The van der Waals surface area contributed by atoms with Gasteiger partial charge >= 0.3 is 5.97 Å². The molecule has 0 aromatic heterocycles. The van der Waals surface area contributed by atoms with Gasteiger partial charge in [-0.05, 0) is 20.1 Å². The Balaban J connectivity index is 4.30. The Hall–Kier alpha value is -0.770. The summed E-state index contributed by atoms with van der Waals surface area (Å²) in [5.41, 5.74) is 0.350. The number of nitrogens with zero attached hydrogens (tertiary/aromatic N) is 1. The molecule has 74 valence electrons. The van der Waals surface area contributed by atoms with Gasteiger partial charge in [-0.15, -0.1) is 0 Å². The van der Waals surface area contributed by atoms with Gasteiger partial charge in [0.2, 0.25) is 0 Å². The van der Waals surface area contributed by atoms with Crippen LogP contribution in [0.1, 0.15) is 13.8 Å². The number of thioether (sulfide) groups is 1. The summed E-state index contributed by atoms with van der Waals surface area (Å²) in [5, 5.41) is 0.305. The smallest absolute Gasteiger partial charge is 0.356 e. The summed E-state index contributed by atoms with van der Waals surface area (Å²) in [6.07, 6.45) is 5.36. The van der Waals surface area contributed by atoms with Crippen LogP contribution in [0.2, 0.25) is 0 Å². The molecular formula is C9H15NO2S. The van der Waals surface area contributed by atoms with E-state index in [0.717, 1.165) is 0 Å². The molecule has 13 heavy (non-hydrogen) atoms. The van der Waals surface area contributed by atoms with Crippen molar-refractivity contribution in [2.45, 2.75) is 19.1 Å². The molecule has 0 bridgehead atoms. The zero-order chi connectivity index (χ0) is 10.3. The molecule has 4 heteroatoms. The van der Waals surface area contributed by atoms with Crippen LogP contribution in [-0.4, -0.2) is 30.8 Å². The molecule has 1 unspecified atom stereocenters. The van der Waals surface area contributed by atoms with E-state index >= 15 is 0 Å². The molecule has 3 nitrogen and oxygen atoms in total. The van der Waals surface area contributed by atoms with E-state index in [-0.39, 0.29) is 0 Å². The molecule has 0 N–H and O–H groups in total. The number of hydrogen-bond acceptors (Lipinski definition) is 4. The van der Waals surface area contributed by atoms with Crippen molar-refractivity contribution in [2.24, 2.45) is 4.99 Å². The van der Waals surface area contributed by atoms with E-state index < -0.39 is 5.97 Å². The van der Waals surface area contributed by atoms with Crippen LogP contribution in [0.15, 0.2) is 16.8 Å². The van der Waals surface area contributed by atoms with Crippen LogP contribution in [-0.2, 0) is 9.53 Å². The second-order valence-electron chi connectivity index (χ2n) is 2.38. The Morgan fingerprint density at radius 1 is 1.62 bits per heavy atom. The summed E-state index contributed by atoms with van der Waals surface area (Å²) in [6, 6.07) is 0. The lowest BCUT2D eigenvalue weighted by Crippen LogP contribution is -2.04. The topological polar surface area (TPSA) is 38.7 Å². The normalized spacial score (nSPS) is 14.6. The fraction of sp³-hybridized carbons (Fsp3) is 0.556. The molecule has 0 spiro atoms. The molecule has 0 aromatic carbocycles. The summed E-state index contributed by atoms with van der Waals surface area (Å²) < 4.78 is 4.54. The molecule has 0 aliphatic heterocycles. The van der Waals surface area contributed by atoms with Crippen molar-refractivity contribution in [1.29, 1.82) is 0 Å². The van der Waals surface area contributed by atoms with Crippen molar-refractivity contribution in [3.8, 4) is 0 Å². The van der Waals surface area contributed by atoms with Gasteiger partial charge in [-0.1, -0.05) is 6.08 Å². The average molecular weight is 201 g/mol. The third-order valence-electron chi connectivity index (χ3n) is 1.46.